The van der Waals surface area contributed by atoms with Crippen molar-refractivity contribution in [2.75, 3.05) is 7.11 Å². The molecule has 2 aromatic carbocycles. The number of aromatic nitrogens is 4. The highest BCUT2D eigenvalue weighted by atomic mass is 16.5. The first kappa shape index (κ1) is 17.9. The van der Waals surface area contributed by atoms with E-state index in [1.807, 2.05) is 54.2 Å². The molecule has 0 bridgehead atoms. The molecule has 3 heterocycles. The van der Waals surface area contributed by atoms with Gasteiger partial charge in [0.25, 0.3) is 0 Å². The molecule has 7 nitrogen and oxygen atoms in total. The Hall–Kier alpha value is -4.13. The molecule has 0 spiro atoms. The van der Waals surface area contributed by atoms with Crippen LogP contribution in [0.5, 0.6) is 5.75 Å². The Bertz CT molecular complexity index is 1410. The van der Waals surface area contributed by atoms with Gasteiger partial charge in [0, 0.05) is 25.0 Å². The highest BCUT2D eigenvalue weighted by Crippen LogP contribution is 2.32. The van der Waals surface area contributed by atoms with Gasteiger partial charge in [-0.05, 0) is 36.4 Å². The highest BCUT2D eigenvalue weighted by molar-refractivity contribution is 5.83. The van der Waals surface area contributed by atoms with E-state index >= 15 is 0 Å². The molecule has 148 valence electrons. The summed E-state index contributed by atoms with van der Waals surface area (Å²) < 4.78 is 12.8. The lowest BCUT2D eigenvalue weighted by Gasteiger charge is -2.04. The number of para-hydroxylation sites is 1. The van der Waals surface area contributed by atoms with Crippen molar-refractivity contribution in [2.24, 2.45) is 7.05 Å². The molecule has 0 radical (unpaired) electrons. The molecule has 0 atom stereocenters. The van der Waals surface area contributed by atoms with Crippen LogP contribution in [0.1, 0.15) is 0 Å². The summed E-state index contributed by atoms with van der Waals surface area (Å²) in [6, 6.07) is 14.8. The second-order valence-corrected chi connectivity index (χ2v) is 6.87. The number of nitrogens with one attached hydrogen (secondary N) is 1. The van der Waals surface area contributed by atoms with Crippen molar-refractivity contribution in [1.29, 1.82) is 0 Å². The molecule has 7 heteroatoms. The average Bonchev–Trinajstić information content (AvgIpc) is 3.40. The maximum absolute atomic E-state index is 13.1. The summed E-state index contributed by atoms with van der Waals surface area (Å²) in [5, 5.41) is 0.510. The van der Waals surface area contributed by atoms with Crippen molar-refractivity contribution in [1.82, 2.24) is 19.5 Å². The van der Waals surface area contributed by atoms with E-state index < -0.39 is 0 Å². The van der Waals surface area contributed by atoms with Gasteiger partial charge in [0.15, 0.2) is 5.82 Å². The average molecular weight is 398 g/mol. The molecule has 0 fully saturated rings. The number of fused-ring (bicyclic) bond motifs is 1. The van der Waals surface area contributed by atoms with E-state index in [2.05, 4.69) is 9.97 Å². The van der Waals surface area contributed by atoms with Gasteiger partial charge in [-0.1, -0.05) is 12.1 Å². The Labute approximate surface area is 171 Å². The lowest BCUT2D eigenvalue weighted by atomic mass is 10.1. The Balaban J connectivity index is 1.73. The number of benzene rings is 2. The van der Waals surface area contributed by atoms with Gasteiger partial charge >= 0.3 is 0 Å². The largest absolute Gasteiger partial charge is 0.497 e. The van der Waals surface area contributed by atoms with Crippen molar-refractivity contribution < 1.29 is 9.15 Å². The van der Waals surface area contributed by atoms with Gasteiger partial charge < -0.3 is 18.7 Å². The van der Waals surface area contributed by atoms with E-state index in [1.165, 1.54) is 6.26 Å². The summed E-state index contributed by atoms with van der Waals surface area (Å²) in [6.45, 7) is 0. The fourth-order valence-corrected chi connectivity index (χ4v) is 3.47. The SMILES string of the molecule is COc1ccc(-c2nc(-c3coc4ccccc4c3=O)[nH]c2-c2nccn2C)cc1. The number of ether oxygens (including phenoxy) is 1. The molecule has 0 unspecified atom stereocenters. The van der Waals surface area contributed by atoms with Crippen molar-refractivity contribution in [3.05, 3.63) is 77.4 Å². The number of aryl methyl sites for hydroxylation is 1. The zero-order chi connectivity index (χ0) is 20.7. The van der Waals surface area contributed by atoms with Crippen LogP contribution in [0.3, 0.4) is 0 Å². The van der Waals surface area contributed by atoms with Crippen molar-refractivity contribution in [2.45, 2.75) is 0 Å². The second kappa shape index (κ2) is 7.04. The zero-order valence-electron chi connectivity index (χ0n) is 16.4. The maximum Gasteiger partial charge on any atom is 0.203 e. The standard InChI is InChI=1S/C23H18N4O3/c1-27-12-11-24-23(27)20-19(14-7-9-15(29-2)10-8-14)25-22(26-20)17-13-30-18-6-4-3-5-16(18)21(17)28/h3-13H,1-2H3,(H,25,26). The van der Waals surface area contributed by atoms with Crippen LogP contribution in [0.15, 0.2) is 76.4 Å². The second-order valence-electron chi connectivity index (χ2n) is 6.87. The smallest absolute Gasteiger partial charge is 0.203 e. The Morgan fingerprint density at radius 2 is 1.90 bits per heavy atom. The van der Waals surface area contributed by atoms with Crippen molar-refractivity contribution in [3.8, 4) is 39.9 Å². The topological polar surface area (TPSA) is 85.9 Å². The number of imidazole rings is 2. The van der Waals surface area contributed by atoms with Crippen molar-refractivity contribution >= 4 is 11.0 Å². The van der Waals surface area contributed by atoms with E-state index in [0.717, 1.165) is 17.0 Å². The summed E-state index contributed by atoms with van der Waals surface area (Å²) in [5.41, 5.74) is 3.05. The van der Waals surface area contributed by atoms with E-state index in [9.17, 15) is 4.79 Å². The lowest BCUT2D eigenvalue weighted by molar-refractivity contribution is 0.415. The van der Waals surface area contributed by atoms with Crippen molar-refractivity contribution in [3.63, 3.8) is 0 Å². The third-order valence-electron chi connectivity index (χ3n) is 5.05. The molecule has 0 aliphatic rings. The summed E-state index contributed by atoms with van der Waals surface area (Å²) >= 11 is 0. The number of rotatable bonds is 4. The molecule has 30 heavy (non-hydrogen) atoms. The minimum Gasteiger partial charge on any atom is -0.497 e. The number of hydrogen-bond acceptors (Lipinski definition) is 5. The summed E-state index contributed by atoms with van der Waals surface area (Å²) in [4.78, 5) is 25.6. The monoisotopic (exact) mass is 398 g/mol. The summed E-state index contributed by atoms with van der Waals surface area (Å²) in [5.74, 6) is 1.89. The molecule has 0 amide bonds. The van der Waals surface area contributed by atoms with Crippen LogP contribution in [0, 0.1) is 0 Å². The fourth-order valence-electron chi connectivity index (χ4n) is 3.47. The van der Waals surface area contributed by atoms with E-state index in [4.69, 9.17) is 14.1 Å². The highest BCUT2D eigenvalue weighted by Gasteiger charge is 2.20. The normalized spacial score (nSPS) is 11.1. The van der Waals surface area contributed by atoms with Gasteiger partial charge in [0.2, 0.25) is 5.43 Å². The zero-order valence-corrected chi connectivity index (χ0v) is 16.4. The number of aromatic amines is 1. The molecule has 3 aromatic heterocycles. The first-order chi connectivity index (χ1) is 14.7. The van der Waals surface area contributed by atoms with Crippen LogP contribution in [-0.2, 0) is 7.05 Å². The quantitative estimate of drug-likeness (QED) is 0.489. The summed E-state index contributed by atoms with van der Waals surface area (Å²) in [7, 11) is 3.53. The fraction of sp³-hybridized carbons (Fsp3) is 0.0870. The molecule has 0 saturated carbocycles. The molecular weight excluding hydrogens is 380 g/mol. The Morgan fingerprint density at radius 1 is 1.10 bits per heavy atom. The summed E-state index contributed by atoms with van der Waals surface area (Å²) in [6.07, 6.45) is 5.03. The van der Waals surface area contributed by atoms with Gasteiger partial charge in [-0.25, -0.2) is 9.97 Å². The molecule has 5 rings (SSSR count). The first-order valence-corrected chi connectivity index (χ1v) is 9.39. The molecule has 0 aliphatic heterocycles. The number of hydrogen-bond donors (Lipinski definition) is 1. The van der Waals surface area contributed by atoms with Gasteiger partial charge in [-0.3, -0.25) is 4.79 Å². The van der Waals surface area contributed by atoms with Crippen LogP contribution in [0.25, 0.3) is 45.1 Å². The minimum atomic E-state index is -0.140. The van der Waals surface area contributed by atoms with Gasteiger partial charge in [0.1, 0.15) is 40.4 Å². The molecule has 0 saturated heterocycles. The predicted octanol–water partition coefficient (Wildman–Crippen LogP) is 4.26. The van der Waals surface area contributed by atoms with Gasteiger partial charge in [-0.2, -0.15) is 0 Å². The van der Waals surface area contributed by atoms with Crippen LogP contribution in [-0.4, -0.2) is 26.6 Å². The first-order valence-electron chi connectivity index (χ1n) is 9.39. The van der Waals surface area contributed by atoms with Crippen LogP contribution in [0.4, 0.5) is 0 Å². The number of methoxy groups -OCH3 is 1. The van der Waals surface area contributed by atoms with Gasteiger partial charge in [0.05, 0.1) is 12.5 Å². The Morgan fingerprint density at radius 3 is 2.63 bits per heavy atom. The third kappa shape index (κ3) is 2.88. The Kier molecular flexibility index (Phi) is 4.21. The molecule has 0 aliphatic carbocycles. The molecule has 5 aromatic rings. The van der Waals surface area contributed by atoms with E-state index in [0.29, 0.717) is 33.9 Å². The van der Waals surface area contributed by atoms with Crippen LogP contribution in [0.2, 0.25) is 0 Å². The van der Waals surface area contributed by atoms with E-state index in [1.54, 1.807) is 25.4 Å². The molecule has 1 N–H and O–H groups in total. The molecular formula is C23H18N4O3. The van der Waals surface area contributed by atoms with Crippen LogP contribution >= 0.6 is 0 Å². The maximum atomic E-state index is 13.1. The lowest BCUT2D eigenvalue weighted by Crippen LogP contribution is -2.05. The number of nitrogens with zero attached hydrogens (tertiary/aromatic N) is 3. The van der Waals surface area contributed by atoms with E-state index in [-0.39, 0.29) is 5.43 Å². The van der Waals surface area contributed by atoms with Gasteiger partial charge in [-0.15, -0.1) is 0 Å². The third-order valence-corrected chi connectivity index (χ3v) is 5.05. The predicted molar refractivity (Wildman–Crippen MR) is 114 cm³/mol. The minimum absolute atomic E-state index is 0.140. The van der Waals surface area contributed by atoms with Crippen LogP contribution < -0.4 is 10.2 Å². The number of H-pyrrole nitrogens is 1.